The highest BCUT2D eigenvalue weighted by Crippen LogP contribution is 2.65. The maximum Gasteiger partial charge on any atom is 0.253 e. The molecule has 5 rings (SSSR count). The Morgan fingerprint density at radius 2 is 1.80 bits per heavy atom. The van der Waals surface area contributed by atoms with Gasteiger partial charge in [0.2, 0.25) is 11.8 Å². The standard InChI is InChI=1S/C36H45N3O5/c1-7-17-37(23-27-13-10-9-11-14-27)32(41)29-30-33(42)39(19-12-20-40)31(36(30)22-26(5)35(29,6)44-36)34(43)38(18-8-2)28-21-24(3)15-16-25(28)4/h7-11,13-16,21,26,29-31,40H,1-2,12,17-20,22-23H2,3-6H3/t26?,29-,30-,31?,35+,36?/m0/s1. The van der Waals surface area contributed by atoms with E-state index in [1.165, 1.54) is 0 Å². The molecule has 3 aliphatic rings. The minimum absolute atomic E-state index is 0.0792. The van der Waals surface area contributed by atoms with Crippen LogP contribution in [0.5, 0.6) is 0 Å². The first kappa shape index (κ1) is 31.7. The molecule has 0 saturated carbocycles. The zero-order valence-electron chi connectivity index (χ0n) is 26.4. The number of aliphatic hydroxyl groups excluding tert-OH is 1. The van der Waals surface area contributed by atoms with E-state index in [1.807, 2.05) is 69.3 Å². The van der Waals surface area contributed by atoms with Crippen LogP contribution >= 0.6 is 0 Å². The number of rotatable bonds is 12. The van der Waals surface area contributed by atoms with E-state index in [2.05, 4.69) is 20.1 Å². The average molecular weight is 600 g/mol. The third kappa shape index (κ3) is 5.08. The van der Waals surface area contributed by atoms with Crippen LogP contribution in [0, 0.1) is 31.6 Å². The third-order valence-corrected chi connectivity index (χ3v) is 9.98. The Morgan fingerprint density at radius 3 is 2.45 bits per heavy atom. The Kier molecular flexibility index (Phi) is 8.87. The summed E-state index contributed by atoms with van der Waals surface area (Å²) in [5.74, 6) is -2.37. The van der Waals surface area contributed by atoms with E-state index in [4.69, 9.17) is 4.74 Å². The first-order valence-corrected chi connectivity index (χ1v) is 15.6. The van der Waals surface area contributed by atoms with E-state index >= 15 is 0 Å². The number of anilines is 1. The van der Waals surface area contributed by atoms with Gasteiger partial charge in [0, 0.05) is 38.5 Å². The number of nitrogens with zero attached hydrogens (tertiary/aromatic N) is 3. The quantitative estimate of drug-likeness (QED) is 0.365. The summed E-state index contributed by atoms with van der Waals surface area (Å²) < 4.78 is 6.96. The molecule has 0 aromatic heterocycles. The van der Waals surface area contributed by atoms with Crippen molar-refractivity contribution in [1.82, 2.24) is 9.80 Å². The SMILES string of the molecule is C=CCN(Cc1ccccc1)C(=O)[C@@H]1[C@H]2C(=O)N(CCCO)C(C(=O)N(CC=C)c3cc(C)ccc3C)C23CC(C)[C@@]1(C)O3. The molecule has 2 aromatic carbocycles. The average Bonchev–Trinajstić information content (AvgIpc) is 3.52. The number of carbonyl (C=O) groups is 3. The van der Waals surface area contributed by atoms with Crippen LogP contribution in [0.25, 0.3) is 0 Å². The molecule has 2 aromatic rings. The molecule has 3 heterocycles. The van der Waals surface area contributed by atoms with Crippen LogP contribution in [0.15, 0.2) is 73.8 Å². The van der Waals surface area contributed by atoms with Crippen molar-refractivity contribution in [3.05, 3.63) is 90.5 Å². The second-order valence-electron chi connectivity index (χ2n) is 12.8. The maximum absolute atomic E-state index is 14.8. The normalized spacial score (nSPS) is 28.6. The van der Waals surface area contributed by atoms with Crippen molar-refractivity contribution in [2.45, 2.75) is 64.3 Å². The van der Waals surface area contributed by atoms with Crippen molar-refractivity contribution in [2.24, 2.45) is 17.8 Å². The molecule has 1 N–H and O–H groups in total. The topological polar surface area (TPSA) is 90.4 Å². The molecule has 3 unspecified atom stereocenters. The van der Waals surface area contributed by atoms with E-state index in [0.717, 1.165) is 22.4 Å². The van der Waals surface area contributed by atoms with Crippen molar-refractivity contribution in [3.8, 4) is 0 Å². The summed E-state index contributed by atoms with van der Waals surface area (Å²) in [6.45, 7) is 16.7. The zero-order valence-corrected chi connectivity index (χ0v) is 26.4. The molecule has 3 aliphatic heterocycles. The summed E-state index contributed by atoms with van der Waals surface area (Å²) in [7, 11) is 0. The molecule has 3 fully saturated rings. The zero-order chi connectivity index (χ0) is 31.8. The number of aliphatic hydroxyl groups is 1. The van der Waals surface area contributed by atoms with Crippen LogP contribution in [0.1, 0.15) is 43.4 Å². The van der Waals surface area contributed by atoms with Crippen molar-refractivity contribution < 1.29 is 24.2 Å². The van der Waals surface area contributed by atoms with Gasteiger partial charge in [-0.1, -0.05) is 61.5 Å². The highest BCUT2D eigenvalue weighted by molar-refractivity contribution is 6.05. The predicted molar refractivity (Wildman–Crippen MR) is 171 cm³/mol. The second kappa shape index (κ2) is 12.3. The molecule has 44 heavy (non-hydrogen) atoms. The number of hydrogen-bond acceptors (Lipinski definition) is 5. The number of likely N-dealkylation sites (tertiary alicyclic amines) is 1. The summed E-state index contributed by atoms with van der Waals surface area (Å²) >= 11 is 0. The van der Waals surface area contributed by atoms with Gasteiger partial charge >= 0.3 is 0 Å². The van der Waals surface area contributed by atoms with Gasteiger partial charge in [-0.05, 0) is 62.3 Å². The molecule has 1 spiro atoms. The van der Waals surface area contributed by atoms with Crippen LogP contribution in [-0.2, 0) is 25.7 Å². The third-order valence-electron chi connectivity index (χ3n) is 9.98. The Hall–Kier alpha value is -3.75. The van der Waals surface area contributed by atoms with E-state index in [0.29, 0.717) is 25.9 Å². The Bertz CT molecular complexity index is 1440. The molecule has 0 radical (unpaired) electrons. The summed E-state index contributed by atoms with van der Waals surface area (Å²) in [6.07, 6.45) is 4.17. The Labute approximate surface area is 261 Å². The van der Waals surface area contributed by atoms with E-state index in [1.54, 1.807) is 26.9 Å². The predicted octanol–water partition coefficient (Wildman–Crippen LogP) is 4.43. The van der Waals surface area contributed by atoms with E-state index < -0.39 is 29.1 Å². The number of carbonyl (C=O) groups excluding carboxylic acids is 3. The van der Waals surface area contributed by atoms with E-state index in [9.17, 15) is 19.5 Å². The second-order valence-corrected chi connectivity index (χ2v) is 12.8. The molecular weight excluding hydrogens is 554 g/mol. The van der Waals surface area contributed by atoms with Gasteiger partial charge in [0.15, 0.2) is 0 Å². The number of aryl methyl sites for hydroxylation is 2. The number of hydrogen-bond donors (Lipinski definition) is 1. The van der Waals surface area contributed by atoms with Crippen molar-refractivity contribution in [1.29, 1.82) is 0 Å². The van der Waals surface area contributed by atoms with Gasteiger partial charge in [-0.2, -0.15) is 0 Å². The smallest absolute Gasteiger partial charge is 0.253 e. The minimum Gasteiger partial charge on any atom is -0.396 e. The molecule has 2 bridgehead atoms. The van der Waals surface area contributed by atoms with Crippen molar-refractivity contribution in [2.75, 3.05) is 31.1 Å². The molecule has 8 heteroatoms. The largest absolute Gasteiger partial charge is 0.396 e. The lowest BCUT2D eigenvalue weighted by Crippen LogP contribution is -2.57. The summed E-state index contributed by atoms with van der Waals surface area (Å²) in [6, 6.07) is 14.8. The lowest BCUT2D eigenvalue weighted by Gasteiger charge is -2.39. The van der Waals surface area contributed by atoms with Crippen LogP contribution in [0.4, 0.5) is 5.69 Å². The Balaban J connectivity index is 1.60. The summed E-state index contributed by atoms with van der Waals surface area (Å²) in [5, 5.41) is 9.76. The molecule has 0 aliphatic carbocycles. The molecule has 234 valence electrons. The fraction of sp³-hybridized carbons (Fsp3) is 0.472. The number of benzene rings is 2. The minimum atomic E-state index is -1.18. The first-order chi connectivity index (χ1) is 21.0. The number of fused-ring (bicyclic) bond motifs is 1. The number of amides is 3. The van der Waals surface area contributed by atoms with Gasteiger partial charge in [-0.25, -0.2) is 0 Å². The fourth-order valence-electron chi connectivity index (χ4n) is 7.86. The van der Waals surface area contributed by atoms with Crippen LogP contribution in [0.3, 0.4) is 0 Å². The first-order valence-electron chi connectivity index (χ1n) is 15.6. The fourth-order valence-corrected chi connectivity index (χ4v) is 7.86. The molecule has 8 nitrogen and oxygen atoms in total. The number of ether oxygens (including phenoxy) is 1. The van der Waals surface area contributed by atoms with E-state index in [-0.39, 0.29) is 43.3 Å². The Morgan fingerprint density at radius 1 is 1.09 bits per heavy atom. The molecule has 3 saturated heterocycles. The van der Waals surface area contributed by atoms with Gasteiger partial charge < -0.3 is 24.5 Å². The summed E-state index contributed by atoms with van der Waals surface area (Å²) in [5.41, 5.74) is 1.55. The van der Waals surface area contributed by atoms with Gasteiger partial charge in [0.25, 0.3) is 5.91 Å². The highest BCUT2D eigenvalue weighted by atomic mass is 16.5. The van der Waals surface area contributed by atoms with Gasteiger partial charge in [-0.3, -0.25) is 14.4 Å². The molecule has 6 atom stereocenters. The van der Waals surface area contributed by atoms with Gasteiger partial charge in [0.05, 0.1) is 17.4 Å². The maximum atomic E-state index is 14.8. The van der Waals surface area contributed by atoms with Gasteiger partial charge in [-0.15, -0.1) is 13.2 Å². The molecular formula is C36H45N3O5. The van der Waals surface area contributed by atoms with Crippen molar-refractivity contribution >= 4 is 23.4 Å². The lowest BCUT2D eigenvalue weighted by molar-refractivity contribution is -0.151. The molecule has 3 amide bonds. The van der Waals surface area contributed by atoms with Crippen LogP contribution in [0.2, 0.25) is 0 Å². The summed E-state index contributed by atoms with van der Waals surface area (Å²) in [4.78, 5) is 48.9. The van der Waals surface area contributed by atoms with Gasteiger partial charge in [0.1, 0.15) is 11.6 Å². The van der Waals surface area contributed by atoms with Crippen LogP contribution in [-0.4, -0.2) is 76.1 Å². The lowest BCUT2D eigenvalue weighted by atomic mass is 9.62. The monoisotopic (exact) mass is 599 g/mol. The highest BCUT2D eigenvalue weighted by Gasteiger charge is 2.80. The van der Waals surface area contributed by atoms with Crippen molar-refractivity contribution in [3.63, 3.8) is 0 Å². The van der Waals surface area contributed by atoms with Crippen LogP contribution < -0.4 is 4.90 Å².